The van der Waals surface area contributed by atoms with Crippen LogP contribution in [0.4, 0.5) is 0 Å². The number of rotatable bonds is 5. The van der Waals surface area contributed by atoms with E-state index in [0.29, 0.717) is 5.75 Å². The average molecular weight is 223 g/mol. The van der Waals surface area contributed by atoms with Gasteiger partial charge in [-0.2, -0.15) is 0 Å². The van der Waals surface area contributed by atoms with Gasteiger partial charge in [0.05, 0.1) is 0 Å². The van der Waals surface area contributed by atoms with Crippen molar-refractivity contribution in [3.8, 4) is 5.75 Å². The maximum Gasteiger partial charge on any atom is 0.326 e. The number of carboxylic acid groups (broad SMARTS) is 1. The minimum atomic E-state index is -1.36. The second-order valence-electron chi connectivity index (χ2n) is 4.01. The van der Waals surface area contributed by atoms with Crippen molar-refractivity contribution in [1.82, 2.24) is 0 Å². The highest BCUT2D eigenvalue weighted by atomic mass is 16.5. The van der Waals surface area contributed by atoms with Crippen LogP contribution in [0.2, 0.25) is 0 Å². The van der Waals surface area contributed by atoms with Crippen molar-refractivity contribution in [2.45, 2.75) is 25.8 Å². The molecule has 0 aromatic heterocycles. The Hall–Kier alpha value is -1.55. The molecular weight excluding hydrogens is 206 g/mol. The molecule has 0 aliphatic rings. The largest absolute Gasteiger partial charge is 0.491 e. The summed E-state index contributed by atoms with van der Waals surface area (Å²) in [6.45, 7) is 3.45. The van der Waals surface area contributed by atoms with Crippen molar-refractivity contribution in [2.75, 3.05) is 6.61 Å². The van der Waals surface area contributed by atoms with Gasteiger partial charge in [-0.3, -0.25) is 4.79 Å². The number of hydrogen-bond acceptors (Lipinski definition) is 3. The fourth-order valence-corrected chi connectivity index (χ4v) is 1.12. The first-order valence-corrected chi connectivity index (χ1v) is 5.19. The average Bonchev–Trinajstić information content (AvgIpc) is 2.27. The van der Waals surface area contributed by atoms with Crippen molar-refractivity contribution >= 4 is 5.97 Å². The van der Waals surface area contributed by atoms with Crippen LogP contribution < -0.4 is 10.5 Å². The van der Waals surface area contributed by atoms with Gasteiger partial charge in [-0.05, 0) is 31.0 Å². The molecule has 3 N–H and O–H groups in total. The quantitative estimate of drug-likeness (QED) is 0.792. The fourth-order valence-electron chi connectivity index (χ4n) is 1.12. The Balaban J connectivity index is 2.58. The number of hydrogen-bond donors (Lipinski definition) is 2. The molecule has 0 saturated heterocycles. The van der Waals surface area contributed by atoms with E-state index in [0.717, 1.165) is 6.42 Å². The van der Waals surface area contributed by atoms with Crippen LogP contribution in [0, 0.1) is 0 Å². The molecule has 0 radical (unpaired) electrons. The Morgan fingerprint density at radius 3 is 2.44 bits per heavy atom. The van der Waals surface area contributed by atoms with Crippen LogP contribution in [0.15, 0.2) is 24.3 Å². The van der Waals surface area contributed by atoms with Crippen LogP contribution in [-0.4, -0.2) is 23.2 Å². The molecular formula is C12H17NO3. The number of carbonyl (C=O) groups is 1. The highest BCUT2D eigenvalue weighted by Gasteiger charge is 2.28. The molecule has 1 aromatic rings. The van der Waals surface area contributed by atoms with Gasteiger partial charge in [-0.15, -0.1) is 0 Å². The zero-order valence-corrected chi connectivity index (χ0v) is 9.56. The topological polar surface area (TPSA) is 72.5 Å². The summed E-state index contributed by atoms with van der Waals surface area (Å²) in [6.07, 6.45) is 0.962. The lowest BCUT2D eigenvalue weighted by Gasteiger charge is -2.19. The highest BCUT2D eigenvalue weighted by Crippen LogP contribution is 2.14. The Morgan fingerprint density at radius 1 is 1.44 bits per heavy atom. The first-order valence-electron chi connectivity index (χ1n) is 5.19. The van der Waals surface area contributed by atoms with Crippen molar-refractivity contribution < 1.29 is 14.6 Å². The summed E-state index contributed by atoms with van der Waals surface area (Å²) in [5, 5.41) is 8.80. The third kappa shape index (κ3) is 3.24. The number of aliphatic carboxylic acids is 1. The molecule has 0 heterocycles. The molecule has 4 nitrogen and oxygen atoms in total. The SMILES string of the molecule is CCc1ccc(OCC(C)(N)C(=O)O)cc1. The van der Waals surface area contributed by atoms with Gasteiger partial charge in [0.2, 0.25) is 0 Å². The smallest absolute Gasteiger partial charge is 0.326 e. The number of aryl methyl sites for hydroxylation is 1. The monoisotopic (exact) mass is 223 g/mol. The van der Waals surface area contributed by atoms with Gasteiger partial charge in [-0.25, -0.2) is 0 Å². The molecule has 1 unspecified atom stereocenters. The van der Waals surface area contributed by atoms with Crippen LogP contribution in [0.25, 0.3) is 0 Å². The Bertz CT molecular complexity index is 357. The third-order valence-electron chi connectivity index (χ3n) is 2.36. The summed E-state index contributed by atoms with van der Waals surface area (Å²) >= 11 is 0. The van der Waals surface area contributed by atoms with Gasteiger partial charge in [0, 0.05) is 0 Å². The van der Waals surface area contributed by atoms with E-state index in [1.807, 2.05) is 24.3 Å². The summed E-state index contributed by atoms with van der Waals surface area (Å²) in [6, 6.07) is 7.53. The van der Waals surface area contributed by atoms with Crippen molar-refractivity contribution in [3.63, 3.8) is 0 Å². The third-order valence-corrected chi connectivity index (χ3v) is 2.36. The van der Waals surface area contributed by atoms with Gasteiger partial charge >= 0.3 is 5.97 Å². The summed E-state index contributed by atoms with van der Waals surface area (Å²) in [5.74, 6) is -0.437. The second-order valence-corrected chi connectivity index (χ2v) is 4.01. The van der Waals surface area contributed by atoms with Gasteiger partial charge in [0.25, 0.3) is 0 Å². The van der Waals surface area contributed by atoms with Gasteiger partial charge < -0.3 is 15.6 Å². The van der Waals surface area contributed by atoms with Crippen LogP contribution in [0.5, 0.6) is 5.75 Å². The predicted octanol–water partition coefficient (Wildman–Crippen LogP) is 1.43. The van der Waals surface area contributed by atoms with Gasteiger partial charge in [0.15, 0.2) is 0 Å². The highest BCUT2D eigenvalue weighted by molar-refractivity contribution is 5.78. The van der Waals surface area contributed by atoms with Crippen LogP contribution in [0.3, 0.4) is 0 Å². The van der Waals surface area contributed by atoms with E-state index in [2.05, 4.69) is 6.92 Å². The predicted molar refractivity (Wildman–Crippen MR) is 61.5 cm³/mol. The first-order chi connectivity index (χ1) is 7.45. The molecule has 1 rings (SSSR count). The minimum Gasteiger partial charge on any atom is -0.491 e. The first kappa shape index (κ1) is 12.5. The summed E-state index contributed by atoms with van der Waals surface area (Å²) < 4.78 is 5.33. The molecule has 0 amide bonds. The van der Waals surface area contributed by atoms with Gasteiger partial charge in [0.1, 0.15) is 17.9 Å². The molecule has 0 aliphatic carbocycles. The molecule has 1 atom stereocenters. The normalized spacial score (nSPS) is 14.2. The van der Waals surface area contributed by atoms with E-state index in [4.69, 9.17) is 15.6 Å². The lowest BCUT2D eigenvalue weighted by molar-refractivity contribution is -0.143. The molecule has 88 valence electrons. The molecule has 0 aliphatic heterocycles. The number of ether oxygens (including phenoxy) is 1. The van der Waals surface area contributed by atoms with Crippen LogP contribution >= 0.6 is 0 Å². The van der Waals surface area contributed by atoms with E-state index in [1.165, 1.54) is 12.5 Å². The van der Waals surface area contributed by atoms with E-state index in [9.17, 15) is 4.79 Å². The van der Waals surface area contributed by atoms with E-state index < -0.39 is 11.5 Å². The zero-order chi connectivity index (χ0) is 12.2. The standard InChI is InChI=1S/C12H17NO3/c1-3-9-4-6-10(7-5-9)16-8-12(2,13)11(14)15/h4-7H,3,8,13H2,1-2H3,(H,14,15). The van der Waals surface area contributed by atoms with Gasteiger partial charge in [-0.1, -0.05) is 19.1 Å². The zero-order valence-electron chi connectivity index (χ0n) is 9.56. The van der Waals surface area contributed by atoms with Crippen molar-refractivity contribution in [3.05, 3.63) is 29.8 Å². The number of benzene rings is 1. The molecule has 0 fully saturated rings. The Kier molecular flexibility index (Phi) is 3.90. The maximum atomic E-state index is 10.7. The lowest BCUT2D eigenvalue weighted by atomic mass is 10.1. The molecule has 4 heteroatoms. The maximum absolute atomic E-state index is 10.7. The summed E-state index contributed by atoms with van der Waals surface area (Å²) in [4.78, 5) is 10.7. The van der Waals surface area contributed by atoms with Crippen LogP contribution in [-0.2, 0) is 11.2 Å². The van der Waals surface area contributed by atoms with Crippen LogP contribution in [0.1, 0.15) is 19.4 Å². The molecule has 16 heavy (non-hydrogen) atoms. The fraction of sp³-hybridized carbons (Fsp3) is 0.417. The van der Waals surface area contributed by atoms with E-state index >= 15 is 0 Å². The van der Waals surface area contributed by atoms with E-state index in [-0.39, 0.29) is 6.61 Å². The molecule has 1 aromatic carbocycles. The summed E-state index contributed by atoms with van der Waals surface area (Å²) in [7, 11) is 0. The Labute approximate surface area is 95.0 Å². The molecule has 0 bridgehead atoms. The molecule has 0 spiro atoms. The van der Waals surface area contributed by atoms with Crippen molar-refractivity contribution in [2.24, 2.45) is 5.73 Å². The minimum absolute atomic E-state index is 0.0478. The second kappa shape index (κ2) is 4.99. The number of nitrogens with two attached hydrogens (primary N) is 1. The lowest BCUT2D eigenvalue weighted by Crippen LogP contribution is -2.49. The van der Waals surface area contributed by atoms with Crippen molar-refractivity contribution in [1.29, 1.82) is 0 Å². The van der Waals surface area contributed by atoms with E-state index in [1.54, 1.807) is 0 Å². The summed E-state index contributed by atoms with van der Waals surface area (Å²) in [5.41, 5.74) is 5.39. The number of carboxylic acids is 1. The Morgan fingerprint density at radius 2 is 2.00 bits per heavy atom. The molecule has 0 saturated carbocycles.